The number of rotatable bonds is 2. The fourth-order valence-corrected chi connectivity index (χ4v) is 2.18. The van der Waals surface area contributed by atoms with Crippen LogP contribution in [0.3, 0.4) is 0 Å². The highest BCUT2D eigenvalue weighted by Gasteiger charge is 2.19. The molecule has 3 rings (SSSR count). The number of amides is 1. The second-order valence-corrected chi connectivity index (χ2v) is 4.52. The van der Waals surface area contributed by atoms with E-state index in [9.17, 15) is 4.79 Å². The molecule has 3 nitrogen and oxygen atoms in total. The number of hydrogen-bond acceptors (Lipinski definition) is 2. The molecule has 1 amide bonds. The van der Waals surface area contributed by atoms with Crippen molar-refractivity contribution in [1.82, 2.24) is 5.32 Å². The summed E-state index contributed by atoms with van der Waals surface area (Å²) in [5.41, 5.74) is 1.92. The van der Waals surface area contributed by atoms with Crippen LogP contribution in [0, 0.1) is 0 Å². The molecule has 2 aromatic carbocycles. The zero-order valence-electron chi connectivity index (χ0n) is 10.1. The van der Waals surface area contributed by atoms with E-state index in [1.165, 1.54) is 10.8 Å². The third kappa shape index (κ3) is 1.95. The summed E-state index contributed by atoms with van der Waals surface area (Å²) in [6.45, 7) is 1.96. The highest BCUT2D eigenvalue weighted by atomic mass is 16.1. The van der Waals surface area contributed by atoms with E-state index in [1.807, 2.05) is 25.1 Å². The Bertz CT molecular complexity index is 646. The minimum absolute atomic E-state index is 0.0363. The van der Waals surface area contributed by atoms with Gasteiger partial charge in [-0.15, -0.1) is 0 Å². The van der Waals surface area contributed by atoms with Crippen LogP contribution in [0.25, 0.3) is 10.8 Å². The number of hydrogen-bond donors (Lipinski definition) is 2. The number of benzene rings is 2. The Kier molecular flexibility index (Phi) is 2.52. The fraction of sp³-hybridized carbons (Fsp3) is 0.133. The van der Waals surface area contributed by atoms with Crippen molar-refractivity contribution >= 4 is 22.4 Å². The fourth-order valence-electron chi connectivity index (χ4n) is 2.18. The number of anilines is 1. The predicted molar refractivity (Wildman–Crippen MR) is 73.3 cm³/mol. The second-order valence-electron chi connectivity index (χ2n) is 4.52. The number of carbonyl (C=O) groups excluding carboxylic acids is 1. The van der Waals surface area contributed by atoms with Gasteiger partial charge in [0, 0.05) is 17.5 Å². The lowest BCUT2D eigenvalue weighted by molar-refractivity contribution is -0.116. The molecular weight excluding hydrogens is 224 g/mol. The molecule has 1 aliphatic rings. The van der Waals surface area contributed by atoms with Gasteiger partial charge in [-0.1, -0.05) is 30.3 Å². The molecule has 3 heteroatoms. The third-order valence-electron chi connectivity index (χ3n) is 3.15. The van der Waals surface area contributed by atoms with Gasteiger partial charge in [0.2, 0.25) is 5.91 Å². The van der Waals surface area contributed by atoms with Crippen LogP contribution in [0.2, 0.25) is 0 Å². The molecular formula is C15H14N2O. The molecule has 1 aliphatic heterocycles. The van der Waals surface area contributed by atoms with Crippen molar-refractivity contribution in [1.29, 1.82) is 0 Å². The molecule has 0 aliphatic carbocycles. The lowest BCUT2D eigenvalue weighted by Crippen LogP contribution is -2.26. The molecule has 0 fully saturated rings. The van der Waals surface area contributed by atoms with E-state index in [2.05, 4.69) is 34.9 Å². The average molecular weight is 238 g/mol. The van der Waals surface area contributed by atoms with Gasteiger partial charge in [-0.2, -0.15) is 0 Å². The maximum atomic E-state index is 11.2. The molecule has 2 aromatic rings. The molecule has 1 heterocycles. The van der Waals surface area contributed by atoms with Crippen LogP contribution in [-0.4, -0.2) is 11.9 Å². The normalized spacial score (nSPS) is 18.6. The lowest BCUT2D eigenvalue weighted by Gasteiger charge is -2.12. The van der Waals surface area contributed by atoms with Crippen LogP contribution in [0.15, 0.2) is 54.2 Å². The van der Waals surface area contributed by atoms with Crippen molar-refractivity contribution in [2.45, 2.75) is 13.0 Å². The smallest absolute Gasteiger partial charge is 0.246 e. The van der Waals surface area contributed by atoms with E-state index < -0.39 is 0 Å². The summed E-state index contributed by atoms with van der Waals surface area (Å²) in [4.78, 5) is 11.2. The summed E-state index contributed by atoms with van der Waals surface area (Å²) in [6.07, 6.45) is 1.61. The largest absolute Gasteiger partial charge is 0.357 e. The molecule has 18 heavy (non-hydrogen) atoms. The molecule has 0 radical (unpaired) electrons. The molecule has 1 unspecified atom stereocenters. The zero-order valence-corrected chi connectivity index (χ0v) is 10.1. The van der Waals surface area contributed by atoms with Crippen molar-refractivity contribution in [2.75, 3.05) is 5.32 Å². The van der Waals surface area contributed by atoms with E-state index in [1.54, 1.807) is 6.08 Å². The minimum atomic E-state index is -0.0363. The first-order valence-electron chi connectivity index (χ1n) is 6.00. The molecule has 0 aromatic heterocycles. The molecule has 0 saturated carbocycles. The average Bonchev–Trinajstić information content (AvgIpc) is 2.68. The van der Waals surface area contributed by atoms with Gasteiger partial charge in [-0.25, -0.2) is 0 Å². The summed E-state index contributed by atoms with van der Waals surface area (Å²) < 4.78 is 0. The topological polar surface area (TPSA) is 41.1 Å². The van der Waals surface area contributed by atoms with Gasteiger partial charge in [0.05, 0.1) is 6.04 Å². The highest BCUT2D eigenvalue weighted by molar-refractivity contribution is 5.93. The second kappa shape index (κ2) is 4.18. The van der Waals surface area contributed by atoms with Crippen LogP contribution in [-0.2, 0) is 4.79 Å². The van der Waals surface area contributed by atoms with E-state index in [-0.39, 0.29) is 11.9 Å². The van der Waals surface area contributed by atoms with E-state index in [0.717, 1.165) is 11.4 Å². The monoisotopic (exact) mass is 238 g/mol. The molecule has 0 saturated heterocycles. The van der Waals surface area contributed by atoms with Gasteiger partial charge in [0.1, 0.15) is 0 Å². The van der Waals surface area contributed by atoms with Gasteiger partial charge in [-0.3, -0.25) is 4.79 Å². The van der Waals surface area contributed by atoms with Gasteiger partial charge in [0.15, 0.2) is 0 Å². The number of nitrogens with one attached hydrogen (secondary N) is 2. The van der Waals surface area contributed by atoms with Crippen molar-refractivity contribution in [3.05, 3.63) is 54.2 Å². The molecule has 1 atom stereocenters. The zero-order chi connectivity index (χ0) is 12.5. The van der Waals surface area contributed by atoms with Crippen LogP contribution in [0.1, 0.15) is 6.92 Å². The minimum Gasteiger partial charge on any atom is -0.357 e. The van der Waals surface area contributed by atoms with Crippen molar-refractivity contribution < 1.29 is 4.79 Å². The molecule has 90 valence electrons. The SMILES string of the molecule is CC1NC(=O)C=C1Nc1ccc2ccccc2c1. The Morgan fingerprint density at radius 2 is 1.89 bits per heavy atom. The van der Waals surface area contributed by atoms with Crippen molar-refractivity contribution in [2.24, 2.45) is 0 Å². The van der Waals surface area contributed by atoms with Crippen LogP contribution in [0.4, 0.5) is 5.69 Å². The van der Waals surface area contributed by atoms with Crippen molar-refractivity contribution in [3.63, 3.8) is 0 Å². The highest BCUT2D eigenvalue weighted by Crippen LogP contribution is 2.21. The third-order valence-corrected chi connectivity index (χ3v) is 3.15. The van der Waals surface area contributed by atoms with Crippen LogP contribution in [0.5, 0.6) is 0 Å². The number of carbonyl (C=O) groups is 1. The van der Waals surface area contributed by atoms with Crippen molar-refractivity contribution in [3.8, 4) is 0 Å². The van der Waals surface area contributed by atoms with Gasteiger partial charge < -0.3 is 10.6 Å². The van der Waals surface area contributed by atoms with Gasteiger partial charge in [-0.05, 0) is 29.8 Å². The van der Waals surface area contributed by atoms with Crippen LogP contribution >= 0.6 is 0 Å². The summed E-state index contributed by atoms with van der Waals surface area (Å²) >= 11 is 0. The Balaban J connectivity index is 1.91. The van der Waals surface area contributed by atoms with Crippen LogP contribution < -0.4 is 10.6 Å². The van der Waals surface area contributed by atoms with E-state index in [0.29, 0.717) is 0 Å². The first kappa shape index (κ1) is 10.8. The summed E-state index contributed by atoms with van der Waals surface area (Å²) in [7, 11) is 0. The first-order chi connectivity index (χ1) is 8.72. The maximum Gasteiger partial charge on any atom is 0.246 e. The maximum absolute atomic E-state index is 11.2. The van der Waals surface area contributed by atoms with E-state index >= 15 is 0 Å². The van der Waals surface area contributed by atoms with Gasteiger partial charge >= 0.3 is 0 Å². The summed E-state index contributed by atoms with van der Waals surface area (Å²) in [6, 6.07) is 14.5. The van der Waals surface area contributed by atoms with E-state index in [4.69, 9.17) is 0 Å². The Hall–Kier alpha value is -2.29. The molecule has 0 spiro atoms. The first-order valence-corrected chi connectivity index (χ1v) is 6.00. The van der Waals surface area contributed by atoms with Gasteiger partial charge in [0.25, 0.3) is 0 Å². The Labute approximate surface area is 106 Å². The molecule has 0 bridgehead atoms. The Morgan fingerprint density at radius 1 is 1.11 bits per heavy atom. The Morgan fingerprint density at radius 3 is 2.61 bits per heavy atom. The molecule has 2 N–H and O–H groups in total. The number of fused-ring (bicyclic) bond motifs is 1. The summed E-state index contributed by atoms with van der Waals surface area (Å²) in [5, 5.41) is 8.52. The lowest BCUT2D eigenvalue weighted by atomic mass is 10.1. The predicted octanol–water partition coefficient (Wildman–Crippen LogP) is 2.65. The standard InChI is InChI=1S/C15H14N2O/c1-10-14(9-15(18)16-10)17-13-7-6-11-4-2-3-5-12(11)8-13/h2-10,17H,1H3,(H,16,18). The quantitative estimate of drug-likeness (QED) is 0.844. The summed E-state index contributed by atoms with van der Waals surface area (Å²) in [5.74, 6) is -0.0363.